The lowest BCUT2D eigenvalue weighted by atomic mass is 9.95. The van der Waals surface area contributed by atoms with Crippen LogP contribution in [-0.4, -0.2) is 169 Å². The highest BCUT2D eigenvalue weighted by molar-refractivity contribution is 5.73. The van der Waals surface area contributed by atoms with E-state index in [-0.39, 0.29) is 0 Å². The summed E-state index contributed by atoms with van der Waals surface area (Å²) in [6, 6.07) is -1.43. The van der Waals surface area contributed by atoms with Crippen molar-refractivity contribution in [3.63, 3.8) is 0 Å². The molecule has 216 valence electrons. The lowest BCUT2D eigenvalue weighted by molar-refractivity contribution is -0.353. The molecule has 3 fully saturated rings. The van der Waals surface area contributed by atoms with Crippen LogP contribution in [0.1, 0.15) is 6.92 Å². The molecule has 0 saturated carbocycles. The minimum absolute atomic E-state index is 0.619. The minimum Gasteiger partial charge on any atom is -0.394 e. The number of hydrogen-bond donors (Lipinski definition) is 11. The number of aliphatic hydroxyl groups is 10. The van der Waals surface area contributed by atoms with Crippen LogP contribution < -0.4 is 5.32 Å². The van der Waals surface area contributed by atoms with Crippen molar-refractivity contribution >= 4 is 5.91 Å². The van der Waals surface area contributed by atoms with E-state index in [4.69, 9.17) is 23.7 Å². The average molecular weight is 545 g/mol. The van der Waals surface area contributed by atoms with Crippen molar-refractivity contribution in [1.82, 2.24) is 5.32 Å². The van der Waals surface area contributed by atoms with Gasteiger partial charge in [-0.05, 0) is 0 Å². The maximum atomic E-state index is 11.6. The van der Waals surface area contributed by atoms with E-state index < -0.39 is 118 Å². The van der Waals surface area contributed by atoms with Crippen LogP contribution in [0.5, 0.6) is 0 Å². The molecule has 0 aromatic carbocycles. The Hall–Kier alpha value is -1.13. The highest BCUT2D eigenvalue weighted by Crippen LogP contribution is 2.30. The molecular formula is C20H35NO16. The SMILES string of the molecule is CC(=O)N[C@H]1C(O)O[C@H](CO[C@@H]2O[C@H](CO)[C@H](O)[C@H](O)[C@H]2O)[C@@H](O[C@@H]2O[C@H](CO)[C@H](O)[C@H](O)[C@H]2O)[C@@H]1O. The fourth-order valence-electron chi connectivity index (χ4n) is 4.36. The molecular weight excluding hydrogens is 510 g/mol. The molecule has 0 spiro atoms. The topological polar surface area (TPSA) is 278 Å². The monoisotopic (exact) mass is 545 g/mol. The second-order valence-electron chi connectivity index (χ2n) is 9.11. The van der Waals surface area contributed by atoms with Gasteiger partial charge in [-0.25, -0.2) is 0 Å². The maximum Gasteiger partial charge on any atom is 0.217 e. The van der Waals surface area contributed by atoms with Gasteiger partial charge >= 0.3 is 0 Å². The molecule has 3 aliphatic rings. The molecule has 3 saturated heterocycles. The Labute approximate surface area is 210 Å². The molecule has 11 N–H and O–H groups in total. The molecule has 3 rings (SSSR count). The van der Waals surface area contributed by atoms with Gasteiger partial charge in [0.15, 0.2) is 18.9 Å². The van der Waals surface area contributed by atoms with Gasteiger partial charge in [0.1, 0.15) is 73.2 Å². The Morgan fingerprint density at radius 3 is 1.73 bits per heavy atom. The van der Waals surface area contributed by atoms with Crippen molar-refractivity contribution in [2.24, 2.45) is 0 Å². The van der Waals surface area contributed by atoms with Crippen LogP contribution in [0.4, 0.5) is 0 Å². The Morgan fingerprint density at radius 2 is 1.22 bits per heavy atom. The van der Waals surface area contributed by atoms with Crippen molar-refractivity contribution in [2.45, 2.75) is 99.0 Å². The summed E-state index contributed by atoms with van der Waals surface area (Å²) in [6.07, 6.45) is -23.0. The molecule has 0 aromatic heterocycles. The standard InChI is InChI=1S/C20H35NO16/c1-5(24)21-9-12(27)17(37-20-16(31)14(29)11(26)7(3-23)36-20)8(34-18(9)32)4-33-19-15(30)13(28)10(25)6(2-22)35-19/h6-20,22-23,25-32H,2-4H2,1H3,(H,21,24)/t6-,7-,8-,9-,10+,11+,12-,13+,14+,15-,16-,17-,18?,19-,20+/m1/s1. The third-order valence-corrected chi connectivity index (χ3v) is 6.48. The molecule has 15 atom stereocenters. The van der Waals surface area contributed by atoms with Crippen LogP contribution in [0.25, 0.3) is 0 Å². The summed E-state index contributed by atoms with van der Waals surface area (Å²) in [5, 5.41) is 103. The lowest BCUT2D eigenvalue weighted by Crippen LogP contribution is -2.67. The van der Waals surface area contributed by atoms with Crippen LogP contribution in [0.2, 0.25) is 0 Å². The van der Waals surface area contributed by atoms with Crippen LogP contribution in [0.3, 0.4) is 0 Å². The maximum absolute atomic E-state index is 11.6. The van der Waals surface area contributed by atoms with Gasteiger partial charge in [-0.15, -0.1) is 0 Å². The molecule has 0 aromatic rings. The zero-order chi connectivity index (χ0) is 27.6. The van der Waals surface area contributed by atoms with E-state index in [1.165, 1.54) is 0 Å². The Balaban J connectivity index is 1.78. The molecule has 1 unspecified atom stereocenters. The van der Waals surface area contributed by atoms with Crippen LogP contribution in [0.15, 0.2) is 0 Å². The van der Waals surface area contributed by atoms with E-state index in [2.05, 4.69) is 5.32 Å². The zero-order valence-electron chi connectivity index (χ0n) is 19.7. The summed E-state index contributed by atoms with van der Waals surface area (Å²) in [5.41, 5.74) is 0. The fourth-order valence-corrected chi connectivity index (χ4v) is 4.36. The van der Waals surface area contributed by atoms with E-state index in [0.717, 1.165) is 6.92 Å². The summed E-state index contributed by atoms with van der Waals surface area (Å²) in [7, 11) is 0. The molecule has 0 aliphatic carbocycles. The number of hydrogen-bond acceptors (Lipinski definition) is 16. The summed E-state index contributed by atoms with van der Waals surface area (Å²) in [6.45, 7) is -0.984. The average Bonchev–Trinajstić information content (AvgIpc) is 2.86. The molecule has 37 heavy (non-hydrogen) atoms. The normalized spacial score (nSPS) is 49.0. The smallest absolute Gasteiger partial charge is 0.217 e. The van der Waals surface area contributed by atoms with Crippen molar-refractivity contribution in [3.05, 3.63) is 0 Å². The van der Waals surface area contributed by atoms with E-state index in [0.29, 0.717) is 0 Å². The fraction of sp³-hybridized carbons (Fsp3) is 0.950. The van der Waals surface area contributed by atoms with Crippen molar-refractivity contribution in [1.29, 1.82) is 0 Å². The third kappa shape index (κ3) is 6.55. The van der Waals surface area contributed by atoms with Crippen LogP contribution in [0, 0.1) is 0 Å². The number of rotatable bonds is 8. The van der Waals surface area contributed by atoms with Gasteiger partial charge in [0.25, 0.3) is 0 Å². The highest BCUT2D eigenvalue weighted by Gasteiger charge is 2.52. The molecule has 17 heteroatoms. The second-order valence-corrected chi connectivity index (χ2v) is 9.11. The first-order valence-corrected chi connectivity index (χ1v) is 11.6. The number of carbonyl (C=O) groups excluding carboxylic acids is 1. The Bertz CT molecular complexity index is 743. The Morgan fingerprint density at radius 1 is 0.703 bits per heavy atom. The van der Waals surface area contributed by atoms with E-state index >= 15 is 0 Å². The third-order valence-electron chi connectivity index (χ3n) is 6.48. The van der Waals surface area contributed by atoms with E-state index in [1.807, 2.05) is 0 Å². The summed E-state index contributed by atoms with van der Waals surface area (Å²) < 4.78 is 27.0. The van der Waals surface area contributed by atoms with Gasteiger partial charge in [-0.1, -0.05) is 0 Å². The Kier molecular flexibility index (Phi) is 10.5. The van der Waals surface area contributed by atoms with E-state index in [9.17, 15) is 55.9 Å². The number of ether oxygens (including phenoxy) is 5. The molecule has 0 radical (unpaired) electrons. The molecule has 0 bridgehead atoms. The molecule has 3 aliphatic heterocycles. The first-order valence-electron chi connectivity index (χ1n) is 11.6. The van der Waals surface area contributed by atoms with Gasteiger partial charge in [0, 0.05) is 6.92 Å². The predicted octanol–water partition coefficient (Wildman–Crippen LogP) is -7.43. The van der Waals surface area contributed by atoms with Crippen molar-refractivity contribution in [3.8, 4) is 0 Å². The van der Waals surface area contributed by atoms with Crippen molar-refractivity contribution < 1.29 is 79.5 Å². The number of amides is 1. The minimum atomic E-state index is -1.86. The molecule has 17 nitrogen and oxygen atoms in total. The predicted molar refractivity (Wildman–Crippen MR) is 113 cm³/mol. The van der Waals surface area contributed by atoms with E-state index in [1.54, 1.807) is 0 Å². The van der Waals surface area contributed by atoms with Gasteiger partial charge in [-0.2, -0.15) is 0 Å². The van der Waals surface area contributed by atoms with Crippen LogP contribution >= 0.6 is 0 Å². The van der Waals surface area contributed by atoms with Gasteiger partial charge in [-0.3, -0.25) is 4.79 Å². The quantitative estimate of drug-likeness (QED) is 0.135. The second kappa shape index (κ2) is 12.8. The number of aliphatic hydroxyl groups excluding tert-OH is 10. The highest BCUT2D eigenvalue weighted by atomic mass is 16.7. The van der Waals surface area contributed by atoms with Gasteiger partial charge in [0.05, 0.1) is 19.8 Å². The summed E-state index contributed by atoms with van der Waals surface area (Å²) in [4.78, 5) is 11.6. The largest absolute Gasteiger partial charge is 0.394 e. The summed E-state index contributed by atoms with van der Waals surface area (Å²) in [5.74, 6) is -0.644. The zero-order valence-corrected chi connectivity index (χ0v) is 19.7. The number of carbonyl (C=O) groups is 1. The first kappa shape index (κ1) is 30.4. The first-order chi connectivity index (χ1) is 17.4. The summed E-state index contributed by atoms with van der Waals surface area (Å²) >= 11 is 0. The van der Waals surface area contributed by atoms with Gasteiger partial charge < -0.3 is 80.1 Å². The molecule has 1 amide bonds. The lowest BCUT2D eigenvalue weighted by Gasteiger charge is -2.47. The van der Waals surface area contributed by atoms with Crippen molar-refractivity contribution in [2.75, 3.05) is 19.8 Å². The van der Waals surface area contributed by atoms with Gasteiger partial charge in [0.2, 0.25) is 5.91 Å². The number of nitrogens with one attached hydrogen (secondary N) is 1. The van der Waals surface area contributed by atoms with Crippen LogP contribution in [-0.2, 0) is 28.5 Å². The molecule has 3 heterocycles.